The summed E-state index contributed by atoms with van der Waals surface area (Å²) in [6.07, 6.45) is 75.4. The van der Waals surface area contributed by atoms with Crippen LogP contribution in [0.15, 0.2) is 48.6 Å². The zero-order chi connectivity index (χ0) is 52.2. The van der Waals surface area contributed by atoms with Gasteiger partial charge in [0.2, 0.25) is 0 Å². The molecule has 0 aromatic carbocycles. The third-order valence-corrected chi connectivity index (χ3v) is 14.0. The summed E-state index contributed by atoms with van der Waals surface area (Å²) < 4.78 is 16.9. The van der Waals surface area contributed by atoms with Crippen LogP contribution in [0.25, 0.3) is 0 Å². The maximum atomic E-state index is 12.9. The molecular weight excluding hydrogens is 889 g/mol. The van der Waals surface area contributed by atoms with Crippen molar-refractivity contribution in [1.29, 1.82) is 0 Å². The molecule has 0 rings (SSSR count). The Hall–Kier alpha value is -2.63. The van der Waals surface area contributed by atoms with E-state index in [1.807, 2.05) is 0 Å². The largest absolute Gasteiger partial charge is 0.462 e. The van der Waals surface area contributed by atoms with Gasteiger partial charge in [-0.3, -0.25) is 14.4 Å². The third-order valence-electron chi connectivity index (χ3n) is 14.0. The van der Waals surface area contributed by atoms with Crippen molar-refractivity contribution in [2.75, 3.05) is 13.2 Å². The first kappa shape index (κ1) is 69.4. The third kappa shape index (κ3) is 58.3. The van der Waals surface area contributed by atoms with Crippen molar-refractivity contribution in [3.05, 3.63) is 48.6 Å². The van der Waals surface area contributed by atoms with Gasteiger partial charge in [0.05, 0.1) is 0 Å². The van der Waals surface area contributed by atoms with Gasteiger partial charge in [-0.2, -0.15) is 0 Å². The van der Waals surface area contributed by atoms with Crippen LogP contribution in [0.1, 0.15) is 335 Å². The lowest BCUT2D eigenvalue weighted by Gasteiger charge is -2.18. The van der Waals surface area contributed by atoms with Gasteiger partial charge in [0.25, 0.3) is 0 Å². The van der Waals surface area contributed by atoms with E-state index in [0.717, 1.165) is 77.0 Å². The Balaban J connectivity index is 4.36. The van der Waals surface area contributed by atoms with Crippen molar-refractivity contribution >= 4 is 17.9 Å². The molecule has 0 fully saturated rings. The average Bonchev–Trinajstić information content (AvgIpc) is 3.38. The minimum absolute atomic E-state index is 0.0785. The Morgan fingerprint density at radius 1 is 0.278 bits per heavy atom. The molecule has 0 aliphatic carbocycles. The van der Waals surface area contributed by atoms with Crippen LogP contribution in [0, 0.1) is 0 Å². The topological polar surface area (TPSA) is 78.9 Å². The summed E-state index contributed by atoms with van der Waals surface area (Å²) in [4.78, 5) is 38.3. The van der Waals surface area contributed by atoms with Crippen molar-refractivity contribution < 1.29 is 28.6 Å². The van der Waals surface area contributed by atoms with Gasteiger partial charge in [0, 0.05) is 19.3 Å². The van der Waals surface area contributed by atoms with Crippen molar-refractivity contribution in [3.63, 3.8) is 0 Å². The summed E-state index contributed by atoms with van der Waals surface area (Å²) in [5.41, 5.74) is 0. The van der Waals surface area contributed by atoms with Gasteiger partial charge in [-0.05, 0) is 103 Å². The highest BCUT2D eigenvalue weighted by Crippen LogP contribution is 2.16. The molecule has 0 N–H and O–H groups in total. The molecule has 420 valence electrons. The lowest BCUT2D eigenvalue weighted by atomic mass is 10.1. The van der Waals surface area contributed by atoms with Gasteiger partial charge in [-0.1, -0.05) is 262 Å². The second kappa shape index (κ2) is 60.9. The second-order valence-electron chi connectivity index (χ2n) is 21.3. The fraction of sp³-hybridized carbons (Fsp3) is 0.833. The van der Waals surface area contributed by atoms with Gasteiger partial charge >= 0.3 is 17.9 Å². The molecule has 0 aromatic rings. The van der Waals surface area contributed by atoms with E-state index in [4.69, 9.17) is 14.2 Å². The summed E-state index contributed by atoms with van der Waals surface area (Å²) in [5.74, 6) is -0.881. The van der Waals surface area contributed by atoms with Crippen LogP contribution in [0.2, 0.25) is 0 Å². The van der Waals surface area contributed by atoms with Crippen molar-refractivity contribution in [2.24, 2.45) is 0 Å². The fourth-order valence-corrected chi connectivity index (χ4v) is 9.23. The number of rotatable bonds is 58. The number of hydrogen-bond donors (Lipinski definition) is 0. The predicted octanol–water partition coefficient (Wildman–Crippen LogP) is 21.4. The normalized spacial score (nSPS) is 12.3. The SMILES string of the molecule is CCCCCC/C=C\C/C=C\CCCCCCCC(=O)OCC(COC(=O)CCCCCCCCCCC/C=C\CCCCCCCCCC)OC(=O)CCCCCCCCC/C=C\CCCCCCCC. The van der Waals surface area contributed by atoms with Gasteiger partial charge in [-0.25, -0.2) is 0 Å². The minimum Gasteiger partial charge on any atom is -0.462 e. The molecule has 0 saturated heterocycles. The molecule has 6 nitrogen and oxygen atoms in total. The van der Waals surface area contributed by atoms with E-state index < -0.39 is 6.10 Å². The first-order valence-electron chi connectivity index (χ1n) is 31.6. The lowest BCUT2D eigenvalue weighted by Crippen LogP contribution is -2.30. The van der Waals surface area contributed by atoms with Gasteiger partial charge in [0.15, 0.2) is 6.10 Å². The first-order chi connectivity index (χ1) is 35.5. The molecule has 0 aromatic heterocycles. The predicted molar refractivity (Wildman–Crippen MR) is 312 cm³/mol. The highest BCUT2D eigenvalue weighted by Gasteiger charge is 2.19. The van der Waals surface area contributed by atoms with Crippen molar-refractivity contribution in [1.82, 2.24) is 0 Å². The molecule has 0 bridgehead atoms. The van der Waals surface area contributed by atoms with E-state index in [1.165, 1.54) is 218 Å². The smallest absolute Gasteiger partial charge is 0.306 e. The summed E-state index contributed by atoms with van der Waals surface area (Å²) >= 11 is 0. The number of carbonyl (C=O) groups excluding carboxylic acids is 3. The summed E-state index contributed by atoms with van der Waals surface area (Å²) in [6.45, 7) is 6.65. The maximum absolute atomic E-state index is 12.9. The molecular formula is C66H120O6. The average molecular weight is 1010 g/mol. The molecule has 1 atom stereocenters. The number of esters is 3. The van der Waals surface area contributed by atoms with E-state index in [1.54, 1.807) is 0 Å². The van der Waals surface area contributed by atoms with Gasteiger partial charge < -0.3 is 14.2 Å². The Morgan fingerprint density at radius 2 is 0.500 bits per heavy atom. The van der Waals surface area contributed by atoms with E-state index in [9.17, 15) is 14.4 Å². The molecule has 1 unspecified atom stereocenters. The van der Waals surface area contributed by atoms with Crippen LogP contribution in [0.3, 0.4) is 0 Å². The van der Waals surface area contributed by atoms with Crippen LogP contribution in [0.5, 0.6) is 0 Å². The van der Waals surface area contributed by atoms with E-state index in [-0.39, 0.29) is 31.1 Å². The molecule has 0 saturated carbocycles. The van der Waals surface area contributed by atoms with Gasteiger partial charge in [-0.15, -0.1) is 0 Å². The number of unbranched alkanes of at least 4 members (excludes halogenated alkanes) is 39. The van der Waals surface area contributed by atoms with E-state index >= 15 is 0 Å². The lowest BCUT2D eigenvalue weighted by molar-refractivity contribution is -0.167. The van der Waals surface area contributed by atoms with E-state index in [0.29, 0.717) is 19.3 Å². The molecule has 0 spiro atoms. The fourth-order valence-electron chi connectivity index (χ4n) is 9.23. The van der Waals surface area contributed by atoms with Crippen LogP contribution >= 0.6 is 0 Å². The highest BCUT2D eigenvalue weighted by molar-refractivity contribution is 5.71. The minimum atomic E-state index is -0.782. The maximum Gasteiger partial charge on any atom is 0.306 e. The Morgan fingerprint density at radius 3 is 0.792 bits per heavy atom. The molecule has 0 amide bonds. The van der Waals surface area contributed by atoms with Gasteiger partial charge in [0.1, 0.15) is 13.2 Å². The monoisotopic (exact) mass is 1010 g/mol. The van der Waals surface area contributed by atoms with Crippen LogP contribution in [0.4, 0.5) is 0 Å². The first-order valence-corrected chi connectivity index (χ1v) is 31.6. The molecule has 0 heterocycles. The van der Waals surface area contributed by atoms with E-state index in [2.05, 4.69) is 69.4 Å². The Bertz CT molecular complexity index is 1250. The van der Waals surface area contributed by atoms with Crippen molar-refractivity contribution in [3.8, 4) is 0 Å². The molecule has 72 heavy (non-hydrogen) atoms. The summed E-state index contributed by atoms with van der Waals surface area (Å²) in [7, 11) is 0. The van der Waals surface area contributed by atoms with Crippen LogP contribution in [-0.4, -0.2) is 37.2 Å². The summed E-state index contributed by atoms with van der Waals surface area (Å²) in [5, 5.41) is 0. The van der Waals surface area contributed by atoms with Crippen molar-refractivity contribution in [2.45, 2.75) is 341 Å². The number of hydrogen-bond acceptors (Lipinski definition) is 6. The molecule has 0 radical (unpaired) electrons. The number of carbonyl (C=O) groups is 3. The molecule has 0 aliphatic rings. The highest BCUT2D eigenvalue weighted by atomic mass is 16.6. The molecule has 6 heteroatoms. The number of allylic oxidation sites excluding steroid dienone is 8. The number of ether oxygens (including phenoxy) is 3. The second-order valence-corrected chi connectivity index (χ2v) is 21.3. The zero-order valence-electron chi connectivity index (χ0n) is 48.2. The Kier molecular flexibility index (Phi) is 58.7. The Labute approximate surface area is 448 Å². The van der Waals surface area contributed by atoms with Crippen LogP contribution < -0.4 is 0 Å². The molecule has 0 aliphatic heterocycles. The van der Waals surface area contributed by atoms with Crippen LogP contribution in [-0.2, 0) is 28.6 Å². The standard InChI is InChI=1S/C66H120O6/c1-4-7-10-13-16-19-22-25-28-31-32-33-34-36-38-41-44-47-50-53-56-59-65(68)71-62-63(61-70-64(67)58-55-52-49-46-43-40-37-30-27-24-21-18-15-12-9-6-3)72-66(69)60-57-54-51-48-45-42-39-35-29-26-23-20-17-14-11-8-5-2/h21,24,26,29-32,37,63H,4-20,22-23,25,27-28,33-36,38-62H2,1-3H3/b24-21-,29-26-,32-31-,37-30-. The zero-order valence-corrected chi connectivity index (χ0v) is 48.2. The summed E-state index contributed by atoms with van der Waals surface area (Å²) in [6, 6.07) is 0. The quantitative estimate of drug-likeness (QED) is 0.0261.